The van der Waals surface area contributed by atoms with Gasteiger partial charge in [0, 0.05) is 12.1 Å². The van der Waals surface area contributed by atoms with Gasteiger partial charge in [-0.05, 0) is 48.4 Å². The lowest BCUT2D eigenvalue weighted by Gasteiger charge is -2.23. The largest absolute Gasteiger partial charge is 0.343 e. The molecule has 1 heterocycles. The molecule has 1 aliphatic rings. The van der Waals surface area contributed by atoms with E-state index in [0.717, 1.165) is 36.9 Å². The number of hydrogen-bond donors (Lipinski definition) is 1. The maximum absolute atomic E-state index is 12.7. The lowest BCUT2D eigenvalue weighted by atomic mass is 9.96. The van der Waals surface area contributed by atoms with Crippen LogP contribution < -0.4 is 5.32 Å². The number of carbonyl (C=O) groups is 1. The van der Waals surface area contributed by atoms with Gasteiger partial charge in [0.1, 0.15) is 0 Å². The van der Waals surface area contributed by atoms with Crippen LogP contribution in [0.25, 0.3) is 0 Å². The minimum atomic E-state index is -0.185. The first-order valence-electron chi connectivity index (χ1n) is 9.38. The Balaban J connectivity index is 1.91. The van der Waals surface area contributed by atoms with Crippen molar-refractivity contribution < 1.29 is 4.79 Å². The number of amides is 1. The van der Waals surface area contributed by atoms with Crippen LogP contribution in [0.2, 0.25) is 0 Å². The second-order valence-corrected chi connectivity index (χ2v) is 7.45. The van der Waals surface area contributed by atoms with E-state index in [-0.39, 0.29) is 17.9 Å². The Labute approximate surface area is 150 Å². The second-order valence-electron chi connectivity index (χ2n) is 7.45. The van der Waals surface area contributed by atoms with Crippen molar-refractivity contribution in [2.75, 3.05) is 0 Å². The fourth-order valence-electron chi connectivity index (χ4n) is 3.60. The van der Waals surface area contributed by atoms with Gasteiger partial charge in [-0.2, -0.15) is 0 Å². The van der Waals surface area contributed by atoms with Gasteiger partial charge in [-0.15, -0.1) is 0 Å². The molecule has 1 aliphatic carbocycles. The van der Waals surface area contributed by atoms with Crippen LogP contribution in [-0.2, 0) is 4.79 Å². The Morgan fingerprint density at radius 1 is 1.12 bits per heavy atom. The molecule has 1 aromatic heterocycles. The van der Waals surface area contributed by atoms with Crippen LogP contribution in [0.1, 0.15) is 73.9 Å². The fraction of sp³-hybridized carbons (Fsp3) is 0.455. The summed E-state index contributed by atoms with van der Waals surface area (Å²) in [5.41, 5.74) is 4.42. The van der Waals surface area contributed by atoms with Crippen molar-refractivity contribution in [3.05, 3.63) is 65.0 Å². The first-order chi connectivity index (χ1) is 12.1. The zero-order chi connectivity index (χ0) is 17.8. The molecule has 2 aromatic rings. The minimum Gasteiger partial charge on any atom is -0.343 e. The smallest absolute Gasteiger partial charge is 0.223 e. The molecule has 0 saturated heterocycles. The van der Waals surface area contributed by atoms with E-state index in [1.165, 1.54) is 11.1 Å². The Kier molecular flexibility index (Phi) is 5.52. The van der Waals surface area contributed by atoms with Crippen molar-refractivity contribution in [1.29, 1.82) is 0 Å². The van der Waals surface area contributed by atoms with Crippen molar-refractivity contribution in [1.82, 2.24) is 10.3 Å². The topological polar surface area (TPSA) is 42.0 Å². The van der Waals surface area contributed by atoms with E-state index in [4.69, 9.17) is 0 Å². The van der Waals surface area contributed by atoms with Crippen molar-refractivity contribution in [3.63, 3.8) is 0 Å². The van der Waals surface area contributed by atoms with Crippen LogP contribution in [0, 0.1) is 12.8 Å². The Bertz CT molecular complexity index is 715. The standard InChI is InChI=1S/C22H28N2O/c1-15(2)18-12-13-20(23-14-18)21(19-11-7-4-8-16(19)3)24-22(25)17-9-5-6-10-17/h4,7-8,11-15,17,21H,5-6,9-10H2,1-3H3,(H,24,25). The molecule has 0 aliphatic heterocycles. The number of pyridine rings is 1. The van der Waals surface area contributed by atoms with Gasteiger partial charge < -0.3 is 5.32 Å². The predicted octanol–water partition coefficient (Wildman–Crippen LogP) is 4.91. The summed E-state index contributed by atoms with van der Waals surface area (Å²) in [5, 5.41) is 3.28. The summed E-state index contributed by atoms with van der Waals surface area (Å²) in [6.07, 6.45) is 6.27. The molecule has 132 valence electrons. The van der Waals surface area contributed by atoms with Crippen LogP contribution in [-0.4, -0.2) is 10.9 Å². The summed E-state index contributed by atoms with van der Waals surface area (Å²) in [5.74, 6) is 0.772. The third-order valence-electron chi connectivity index (χ3n) is 5.28. The maximum atomic E-state index is 12.7. The summed E-state index contributed by atoms with van der Waals surface area (Å²) in [6, 6.07) is 12.2. The monoisotopic (exact) mass is 336 g/mol. The molecule has 1 unspecified atom stereocenters. The van der Waals surface area contributed by atoms with Crippen molar-refractivity contribution in [3.8, 4) is 0 Å². The number of carbonyl (C=O) groups excluding carboxylic acids is 1. The molecule has 0 spiro atoms. The van der Waals surface area contributed by atoms with Crippen molar-refractivity contribution in [2.24, 2.45) is 5.92 Å². The third-order valence-corrected chi connectivity index (χ3v) is 5.28. The van der Waals surface area contributed by atoms with Gasteiger partial charge in [0.15, 0.2) is 0 Å². The normalized spacial score (nSPS) is 16.2. The summed E-state index contributed by atoms with van der Waals surface area (Å²) in [6.45, 7) is 6.42. The average Bonchev–Trinajstić information content (AvgIpc) is 3.15. The zero-order valence-corrected chi connectivity index (χ0v) is 15.5. The number of benzene rings is 1. The van der Waals surface area contributed by atoms with E-state index in [0.29, 0.717) is 5.92 Å². The predicted molar refractivity (Wildman–Crippen MR) is 101 cm³/mol. The van der Waals surface area contributed by atoms with Gasteiger partial charge >= 0.3 is 0 Å². The van der Waals surface area contributed by atoms with Crippen LogP contribution in [0.4, 0.5) is 0 Å². The number of hydrogen-bond acceptors (Lipinski definition) is 2. The molecule has 25 heavy (non-hydrogen) atoms. The average molecular weight is 336 g/mol. The summed E-state index contributed by atoms with van der Waals surface area (Å²) >= 11 is 0. The highest BCUT2D eigenvalue weighted by Crippen LogP contribution is 2.29. The van der Waals surface area contributed by atoms with Crippen LogP contribution in [0.5, 0.6) is 0 Å². The van der Waals surface area contributed by atoms with Crippen molar-refractivity contribution >= 4 is 5.91 Å². The number of aryl methyl sites for hydroxylation is 1. The van der Waals surface area contributed by atoms with Crippen LogP contribution in [0.3, 0.4) is 0 Å². The van der Waals surface area contributed by atoms with E-state index >= 15 is 0 Å². The molecule has 1 saturated carbocycles. The van der Waals surface area contributed by atoms with Gasteiger partial charge in [-0.3, -0.25) is 9.78 Å². The number of nitrogens with zero attached hydrogens (tertiary/aromatic N) is 1. The van der Waals surface area contributed by atoms with E-state index in [1.807, 2.05) is 18.3 Å². The highest BCUT2D eigenvalue weighted by Gasteiger charge is 2.27. The molecular formula is C22H28N2O. The van der Waals surface area contributed by atoms with Crippen LogP contribution in [0.15, 0.2) is 42.6 Å². The Morgan fingerprint density at radius 3 is 2.44 bits per heavy atom. The minimum absolute atomic E-state index is 0.154. The molecular weight excluding hydrogens is 308 g/mol. The summed E-state index contributed by atoms with van der Waals surface area (Å²) < 4.78 is 0. The van der Waals surface area contributed by atoms with Gasteiger partial charge in [-0.1, -0.05) is 57.0 Å². The van der Waals surface area contributed by atoms with E-state index in [1.54, 1.807) is 0 Å². The van der Waals surface area contributed by atoms with E-state index < -0.39 is 0 Å². The zero-order valence-electron chi connectivity index (χ0n) is 15.5. The maximum Gasteiger partial charge on any atom is 0.223 e. The molecule has 3 heteroatoms. The number of aromatic nitrogens is 1. The van der Waals surface area contributed by atoms with Gasteiger partial charge in [0.2, 0.25) is 5.91 Å². The van der Waals surface area contributed by atoms with Gasteiger partial charge in [0.05, 0.1) is 11.7 Å². The molecule has 1 atom stereocenters. The molecule has 1 fully saturated rings. The molecule has 3 rings (SSSR count). The van der Waals surface area contributed by atoms with Crippen molar-refractivity contribution in [2.45, 2.75) is 58.4 Å². The molecule has 0 radical (unpaired) electrons. The Hall–Kier alpha value is -2.16. The fourth-order valence-corrected chi connectivity index (χ4v) is 3.60. The second kappa shape index (κ2) is 7.81. The van der Waals surface area contributed by atoms with Gasteiger partial charge in [-0.25, -0.2) is 0 Å². The highest BCUT2D eigenvalue weighted by molar-refractivity contribution is 5.79. The SMILES string of the molecule is Cc1ccccc1C(NC(=O)C1CCCC1)c1ccc(C(C)C)cn1. The van der Waals surface area contributed by atoms with Gasteiger partial charge in [0.25, 0.3) is 0 Å². The molecule has 1 N–H and O–H groups in total. The first kappa shape index (κ1) is 17.7. The quantitative estimate of drug-likeness (QED) is 0.843. The number of rotatable bonds is 5. The van der Waals surface area contributed by atoms with Crippen LogP contribution >= 0.6 is 0 Å². The highest BCUT2D eigenvalue weighted by atomic mass is 16.1. The van der Waals surface area contributed by atoms with E-state index in [9.17, 15) is 4.79 Å². The lowest BCUT2D eigenvalue weighted by molar-refractivity contribution is -0.125. The molecule has 0 bridgehead atoms. The van der Waals surface area contributed by atoms with E-state index in [2.05, 4.69) is 55.3 Å². The summed E-state index contributed by atoms with van der Waals surface area (Å²) in [7, 11) is 0. The molecule has 1 amide bonds. The number of nitrogens with one attached hydrogen (secondary N) is 1. The first-order valence-corrected chi connectivity index (χ1v) is 9.38. The molecule has 3 nitrogen and oxygen atoms in total. The third kappa shape index (κ3) is 4.09. The molecule has 1 aromatic carbocycles. The summed E-state index contributed by atoms with van der Waals surface area (Å²) in [4.78, 5) is 17.4. The Morgan fingerprint density at radius 2 is 1.84 bits per heavy atom. The lowest BCUT2D eigenvalue weighted by Crippen LogP contribution is -2.34.